The van der Waals surface area contributed by atoms with Gasteiger partial charge in [-0.2, -0.15) is 0 Å². The van der Waals surface area contributed by atoms with Gasteiger partial charge in [-0.3, -0.25) is 9.59 Å². The van der Waals surface area contributed by atoms with Crippen molar-refractivity contribution < 1.29 is 19.1 Å². The number of rotatable bonds is 2. The summed E-state index contributed by atoms with van der Waals surface area (Å²) in [6, 6.07) is 9.96. The summed E-state index contributed by atoms with van der Waals surface area (Å²) in [6.45, 7) is 1.67. The number of hydrogen-bond donors (Lipinski definition) is 1. The van der Waals surface area contributed by atoms with Crippen molar-refractivity contribution in [3.8, 4) is 0 Å². The van der Waals surface area contributed by atoms with Crippen LogP contribution in [0.3, 0.4) is 0 Å². The van der Waals surface area contributed by atoms with Gasteiger partial charge in [0.25, 0.3) is 11.8 Å². The molecule has 1 heterocycles. The Morgan fingerprint density at radius 1 is 1.17 bits per heavy atom. The maximum atomic E-state index is 14.3. The van der Waals surface area contributed by atoms with E-state index < -0.39 is 28.1 Å². The summed E-state index contributed by atoms with van der Waals surface area (Å²) in [6.07, 6.45) is 0. The molecule has 0 spiro atoms. The number of aryl methyl sites for hydroxylation is 1. The molecule has 1 aliphatic rings. The molecule has 124 valence electrons. The first-order valence-corrected chi connectivity index (χ1v) is 7.91. The lowest BCUT2D eigenvalue weighted by atomic mass is 9.85. The van der Waals surface area contributed by atoms with E-state index in [0.29, 0.717) is 10.5 Å². The molecule has 7 heteroatoms. The minimum Gasteiger partial charge on any atom is -0.373 e. The summed E-state index contributed by atoms with van der Waals surface area (Å²) in [5, 5.41) is 10.8. The van der Waals surface area contributed by atoms with Crippen molar-refractivity contribution in [2.24, 2.45) is 0 Å². The van der Waals surface area contributed by atoms with Crippen LogP contribution >= 0.6 is 23.2 Å². The van der Waals surface area contributed by atoms with Crippen LogP contribution in [0.25, 0.3) is 0 Å². The third kappa shape index (κ3) is 2.32. The first-order valence-electron chi connectivity index (χ1n) is 7.03. The van der Waals surface area contributed by atoms with Crippen molar-refractivity contribution >= 4 is 40.7 Å². The highest BCUT2D eigenvalue weighted by atomic mass is 35.5. The van der Waals surface area contributed by atoms with Gasteiger partial charge >= 0.3 is 0 Å². The van der Waals surface area contributed by atoms with Crippen LogP contribution in [-0.2, 0) is 10.4 Å². The standard InChI is InChI=1S/C17H12Cl2FNO3/c1-9-6-7-13(12(20)8-9)21-14(22)10-4-2-3-5-11(10)17(24,15(18)19)16(21)23/h2-8,15,24H,1H3. The van der Waals surface area contributed by atoms with E-state index in [1.54, 1.807) is 25.1 Å². The van der Waals surface area contributed by atoms with Gasteiger partial charge in [-0.05, 0) is 30.7 Å². The molecular formula is C17H12Cl2FNO3. The molecule has 0 aliphatic carbocycles. The first kappa shape index (κ1) is 16.9. The molecule has 0 saturated carbocycles. The Labute approximate surface area is 147 Å². The molecule has 24 heavy (non-hydrogen) atoms. The van der Waals surface area contributed by atoms with Crippen molar-refractivity contribution in [2.75, 3.05) is 4.90 Å². The Balaban J connectivity index is 2.27. The van der Waals surface area contributed by atoms with E-state index in [1.165, 1.54) is 24.3 Å². The van der Waals surface area contributed by atoms with Crippen molar-refractivity contribution in [1.29, 1.82) is 0 Å². The number of halogens is 3. The predicted octanol–water partition coefficient (Wildman–Crippen LogP) is 3.31. The van der Waals surface area contributed by atoms with Gasteiger partial charge in [-0.1, -0.05) is 24.3 Å². The van der Waals surface area contributed by atoms with E-state index in [-0.39, 0.29) is 16.8 Å². The quantitative estimate of drug-likeness (QED) is 0.654. The summed E-state index contributed by atoms with van der Waals surface area (Å²) in [5.74, 6) is -2.61. The Morgan fingerprint density at radius 2 is 1.83 bits per heavy atom. The van der Waals surface area contributed by atoms with Gasteiger partial charge in [-0.15, -0.1) is 23.2 Å². The number of aliphatic hydroxyl groups is 1. The number of hydrogen-bond acceptors (Lipinski definition) is 3. The monoisotopic (exact) mass is 367 g/mol. The van der Waals surface area contributed by atoms with Gasteiger partial charge in [0.2, 0.25) is 5.60 Å². The molecule has 0 saturated heterocycles. The highest BCUT2D eigenvalue weighted by Crippen LogP contribution is 2.41. The van der Waals surface area contributed by atoms with E-state index in [4.69, 9.17) is 23.2 Å². The molecule has 1 atom stereocenters. The number of fused-ring (bicyclic) bond motifs is 1. The molecule has 1 aliphatic heterocycles. The van der Waals surface area contributed by atoms with E-state index in [2.05, 4.69) is 0 Å². The van der Waals surface area contributed by atoms with Crippen molar-refractivity contribution in [1.82, 2.24) is 0 Å². The Kier molecular flexibility index (Phi) is 4.11. The predicted molar refractivity (Wildman–Crippen MR) is 88.8 cm³/mol. The Morgan fingerprint density at radius 3 is 2.46 bits per heavy atom. The SMILES string of the molecule is Cc1ccc(N2C(=O)c3ccccc3C(O)(C(Cl)Cl)C2=O)c(F)c1. The zero-order valence-corrected chi connectivity index (χ0v) is 14.0. The van der Waals surface area contributed by atoms with Crippen LogP contribution in [0.15, 0.2) is 42.5 Å². The van der Waals surface area contributed by atoms with Crippen LogP contribution < -0.4 is 4.90 Å². The molecule has 0 aromatic heterocycles. The molecule has 1 N–H and O–H groups in total. The first-order chi connectivity index (χ1) is 11.3. The fourth-order valence-corrected chi connectivity index (χ4v) is 3.15. The molecule has 0 bridgehead atoms. The molecule has 3 rings (SSSR count). The molecule has 2 amide bonds. The average molecular weight is 368 g/mol. The highest BCUT2D eigenvalue weighted by Gasteiger charge is 2.54. The number of benzene rings is 2. The third-order valence-electron chi connectivity index (χ3n) is 3.96. The van der Waals surface area contributed by atoms with Crippen molar-refractivity contribution in [2.45, 2.75) is 17.4 Å². The number of anilines is 1. The van der Waals surface area contributed by atoms with Crippen LogP contribution in [0.4, 0.5) is 10.1 Å². The van der Waals surface area contributed by atoms with Crippen LogP contribution in [0, 0.1) is 12.7 Å². The largest absolute Gasteiger partial charge is 0.373 e. The van der Waals surface area contributed by atoms with Gasteiger partial charge in [0, 0.05) is 11.1 Å². The van der Waals surface area contributed by atoms with E-state index in [0.717, 1.165) is 0 Å². The maximum absolute atomic E-state index is 14.3. The molecule has 0 radical (unpaired) electrons. The van der Waals surface area contributed by atoms with Crippen LogP contribution in [-0.4, -0.2) is 21.8 Å². The normalized spacial score (nSPS) is 20.5. The Bertz CT molecular complexity index is 855. The summed E-state index contributed by atoms with van der Waals surface area (Å²) in [5.41, 5.74) is -1.97. The Hall–Kier alpha value is -1.95. The topological polar surface area (TPSA) is 57.6 Å². The summed E-state index contributed by atoms with van der Waals surface area (Å²) in [4.78, 5) is 24.6. The highest BCUT2D eigenvalue weighted by molar-refractivity contribution is 6.47. The van der Waals surface area contributed by atoms with Gasteiger partial charge in [0.05, 0.1) is 5.69 Å². The lowest BCUT2D eigenvalue weighted by Crippen LogP contribution is -2.57. The maximum Gasteiger partial charge on any atom is 0.273 e. The molecule has 4 nitrogen and oxygen atoms in total. The number of imide groups is 1. The molecule has 2 aromatic rings. The van der Waals surface area contributed by atoms with Gasteiger partial charge < -0.3 is 5.11 Å². The van der Waals surface area contributed by atoms with Crippen molar-refractivity contribution in [3.05, 3.63) is 65.0 Å². The van der Waals surface area contributed by atoms with E-state index in [9.17, 15) is 19.1 Å². The molecule has 1 unspecified atom stereocenters. The second kappa shape index (κ2) is 5.84. The van der Waals surface area contributed by atoms with Crippen molar-refractivity contribution in [3.63, 3.8) is 0 Å². The molecule has 2 aromatic carbocycles. The number of amides is 2. The zero-order valence-electron chi connectivity index (χ0n) is 12.5. The summed E-state index contributed by atoms with van der Waals surface area (Å²) in [7, 11) is 0. The molecule has 0 fully saturated rings. The van der Waals surface area contributed by atoms with E-state index >= 15 is 0 Å². The second-order valence-corrected chi connectivity index (χ2v) is 6.61. The molecular weight excluding hydrogens is 356 g/mol. The number of nitrogens with zero attached hydrogens (tertiary/aromatic N) is 1. The van der Waals surface area contributed by atoms with Crippen LogP contribution in [0.1, 0.15) is 21.5 Å². The second-order valence-electron chi connectivity index (χ2n) is 5.51. The lowest BCUT2D eigenvalue weighted by molar-refractivity contribution is -0.136. The number of carbonyl (C=O) groups is 2. The minimum atomic E-state index is -2.36. The average Bonchev–Trinajstić information content (AvgIpc) is 2.54. The minimum absolute atomic E-state index is 0.00114. The fraction of sp³-hybridized carbons (Fsp3) is 0.176. The van der Waals surface area contributed by atoms with Gasteiger partial charge in [-0.25, -0.2) is 9.29 Å². The van der Waals surface area contributed by atoms with E-state index in [1.807, 2.05) is 0 Å². The van der Waals surface area contributed by atoms with Gasteiger partial charge in [0.1, 0.15) is 10.7 Å². The van der Waals surface area contributed by atoms with Gasteiger partial charge in [0.15, 0.2) is 0 Å². The van der Waals surface area contributed by atoms with Crippen LogP contribution in [0.2, 0.25) is 0 Å². The lowest BCUT2D eigenvalue weighted by Gasteiger charge is -2.39. The summed E-state index contributed by atoms with van der Waals surface area (Å²) >= 11 is 11.7. The number of alkyl halides is 2. The number of carbonyl (C=O) groups excluding carboxylic acids is 2. The fourth-order valence-electron chi connectivity index (χ4n) is 2.72. The summed E-state index contributed by atoms with van der Waals surface area (Å²) < 4.78 is 14.3. The van der Waals surface area contributed by atoms with Crippen LogP contribution in [0.5, 0.6) is 0 Å². The third-order valence-corrected chi connectivity index (χ3v) is 4.59. The zero-order chi connectivity index (χ0) is 17.6. The smallest absolute Gasteiger partial charge is 0.273 e.